The number of nitrogens with one attached hydrogen (secondary N) is 1. The van der Waals surface area contributed by atoms with Crippen molar-refractivity contribution in [3.8, 4) is 0 Å². The van der Waals surface area contributed by atoms with Gasteiger partial charge in [-0.25, -0.2) is 4.39 Å². The first-order valence-corrected chi connectivity index (χ1v) is 6.21. The molecule has 0 saturated carbocycles. The minimum Gasteiger partial charge on any atom is -0.372 e. The van der Waals surface area contributed by atoms with Crippen LogP contribution >= 0.6 is 0 Å². The third-order valence-electron chi connectivity index (χ3n) is 3.09. The molecule has 1 atom stereocenters. The van der Waals surface area contributed by atoms with Crippen LogP contribution in [0.2, 0.25) is 0 Å². The molecule has 0 fully saturated rings. The van der Waals surface area contributed by atoms with Crippen molar-refractivity contribution in [2.75, 3.05) is 13.7 Å². The molecule has 4 heteroatoms. The molecule has 0 bridgehead atoms. The van der Waals surface area contributed by atoms with Crippen LogP contribution in [0.15, 0.2) is 36.9 Å². The number of methoxy groups -OCH3 is 1. The Morgan fingerprint density at radius 1 is 1.53 bits per heavy atom. The molecule has 0 spiro atoms. The summed E-state index contributed by atoms with van der Waals surface area (Å²) in [4.78, 5) is 11.6. The summed E-state index contributed by atoms with van der Waals surface area (Å²) in [6.07, 6.45) is 2.68. The number of hydrogen-bond donors (Lipinski definition) is 1. The fourth-order valence-electron chi connectivity index (χ4n) is 1.76. The van der Waals surface area contributed by atoms with E-state index in [2.05, 4.69) is 11.9 Å². The largest absolute Gasteiger partial charge is 0.372 e. The first-order valence-electron chi connectivity index (χ1n) is 6.21. The normalized spacial score (nSPS) is 13.6. The van der Waals surface area contributed by atoms with Crippen molar-refractivity contribution >= 4 is 5.91 Å². The smallest absolute Gasteiger partial charge is 0.220 e. The van der Waals surface area contributed by atoms with Gasteiger partial charge in [-0.15, -0.1) is 6.58 Å². The number of halogens is 1. The van der Waals surface area contributed by atoms with Crippen molar-refractivity contribution < 1.29 is 13.9 Å². The molecule has 1 unspecified atom stereocenters. The fraction of sp³-hybridized carbons (Fsp3) is 0.400. The van der Waals surface area contributed by atoms with Crippen molar-refractivity contribution in [3.05, 3.63) is 48.3 Å². The summed E-state index contributed by atoms with van der Waals surface area (Å²) in [7, 11) is 1.50. The number of allylic oxidation sites excluding steroid dienone is 1. The van der Waals surface area contributed by atoms with Gasteiger partial charge in [0.15, 0.2) is 0 Å². The lowest BCUT2D eigenvalue weighted by atomic mass is 9.95. The number of benzene rings is 1. The van der Waals surface area contributed by atoms with E-state index in [1.54, 1.807) is 31.2 Å². The lowest BCUT2D eigenvalue weighted by molar-refractivity contribution is -0.122. The first kappa shape index (κ1) is 15.4. The van der Waals surface area contributed by atoms with E-state index in [1.165, 1.54) is 13.2 Å². The standard InChI is InChI=1S/C15H20FNO2/c1-4-5-10-14(18)17-11-15(2,19-3)12-8-6-7-9-13(12)16/h4,6-9H,1,5,10-11H2,2-3H3,(H,17,18). The Kier molecular flexibility index (Phi) is 5.70. The lowest BCUT2D eigenvalue weighted by Gasteiger charge is -2.29. The van der Waals surface area contributed by atoms with Gasteiger partial charge in [0.05, 0.1) is 6.54 Å². The molecule has 104 valence electrons. The van der Waals surface area contributed by atoms with Gasteiger partial charge < -0.3 is 10.1 Å². The monoisotopic (exact) mass is 265 g/mol. The molecule has 0 heterocycles. The highest BCUT2D eigenvalue weighted by atomic mass is 19.1. The molecule has 0 aliphatic heterocycles. The van der Waals surface area contributed by atoms with Gasteiger partial charge in [0, 0.05) is 19.1 Å². The summed E-state index contributed by atoms with van der Waals surface area (Å²) in [5.41, 5.74) is -0.448. The molecule has 0 aliphatic carbocycles. The molecule has 3 nitrogen and oxygen atoms in total. The molecular weight excluding hydrogens is 245 g/mol. The second kappa shape index (κ2) is 7.04. The van der Waals surface area contributed by atoms with Crippen LogP contribution in [-0.4, -0.2) is 19.6 Å². The molecule has 0 radical (unpaired) electrons. The predicted molar refractivity (Wildman–Crippen MR) is 73.2 cm³/mol. The van der Waals surface area contributed by atoms with E-state index in [-0.39, 0.29) is 18.3 Å². The summed E-state index contributed by atoms with van der Waals surface area (Å²) in [5, 5.41) is 2.76. The molecule has 1 amide bonds. The Hall–Kier alpha value is -1.68. The summed E-state index contributed by atoms with van der Waals surface area (Å²) in [6, 6.07) is 6.41. The third kappa shape index (κ3) is 4.17. The van der Waals surface area contributed by atoms with Crippen molar-refractivity contribution in [1.29, 1.82) is 0 Å². The minimum atomic E-state index is -0.880. The van der Waals surface area contributed by atoms with E-state index in [1.807, 2.05) is 0 Å². The van der Waals surface area contributed by atoms with Crippen molar-refractivity contribution in [2.45, 2.75) is 25.4 Å². The highest BCUT2D eigenvalue weighted by Crippen LogP contribution is 2.26. The second-order valence-electron chi connectivity index (χ2n) is 4.52. The summed E-state index contributed by atoms with van der Waals surface area (Å²) in [6.45, 7) is 5.53. The van der Waals surface area contributed by atoms with Crippen LogP contribution in [-0.2, 0) is 15.1 Å². The van der Waals surface area contributed by atoms with Crippen LogP contribution in [0, 0.1) is 5.82 Å². The third-order valence-corrected chi connectivity index (χ3v) is 3.09. The van der Waals surface area contributed by atoms with Crippen LogP contribution < -0.4 is 5.32 Å². The van der Waals surface area contributed by atoms with Crippen molar-refractivity contribution in [3.63, 3.8) is 0 Å². The zero-order valence-electron chi connectivity index (χ0n) is 11.4. The van der Waals surface area contributed by atoms with E-state index in [0.717, 1.165) is 0 Å². The quantitative estimate of drug-likeness (QED) is 0.770. The Morgan fingerprint density at radius 2 is 2.21 bits per heavy atom. The van der Waals surface area contributed by atoms with Crippen LogP contribution in [0.5, 0.6) is 0 Å². The average Bonchev–Trinajstić information content (AvgIpc) is 2.43. The Balaban J connectivity index is 2.73. The van der Waals surface area contributed by atoms with Gasteiger partial charge >= 0.3 is 0 Å². The topological polar surface area (TPSA) is 38.3 Å². The number of hydrogen-bond acceptors (Lipinski definition) is 2. The Bertz CT molecular complexity index is 448. The molecule has 19 heavy (non-hydrogen) atoms. The zero-order valence-corrected chi connectivity index (χ0v) is 11.4. The molecule has 0 aromatic heterocycles. The van der Waals surface area contributed by atoms with Crippen LogP contribution in [0.3, 0.4) is 0 Å². The number of rotatable bonds is 7. The molecule has 0 aliphatic rings. The van der Waals surface area contributed by atoms with E-state index >= 15 is 0 Å². The number of amides is 1. The number of carbonyl (C=O) groups excluding carboxylic acids is 1. The van der Waals surface area contributed by atoms with Gasteiger partial charge in [0.1, 0.15) is 11.4 Å². The minimum absolute atomic E-state index is 0.0977. The van der Waals surface area contributed by atoms with Gasteiger partial charge in [-0.1, -0.05) is 24.3 Å². The van der Waals surface area contributed by atoms with Crippen molar-refractivity contribution in [2.24, 2.45) is 0 Å². The summed E-state index contributed by atoms with van der Waals surface area (Å²) < 4.78 is 19.2. The summed E-state index contributed by atoms with van der Waals surface area (Å²) in [5.74, 6) is -0.438. The first-order chi connectivity index (χ1) is 9.03. The molecule has 0 saturated heterocycles. The maximum atomic E-state index is 13.8. The molecule has 1 aromatic rings. The van der Waals surface area contributed by atoms with Gasteiger partial charge in [-0.2, -0.15) is 0 Å². The molecule has 1 rings (SSSR count). The van der Waals surface area contributed by atoms with E-state index in [4.69, 9.17) is 4.74 Å². The van der Waals surface area contributed by atoms with Crippen molar-refractivity contribution in [1.82, 2.24) is 5.32 Å². The molecule has 1 N–H and O–H groups in total. The van der Waals surface area contributed by atoms with Gasteiger partial charge in [0.2, 0.25) is 5.91 Å². The Labute approximate surface area is 113 Å². The highest BCUT2D eigenvalue weighted by molar-refractivity contribution is 5.76. The highest BCUT2D eigenvalue weighted by Gasteiger charge is 2.29. The maximum Gasteiger partial charge on any atom is 0.220 e. The zero-order chi connectivity index (χ0) is 14.3. The van der Waals surface area contributed by atoms with Crippen LogP contribution in [0.4, 0.5) is 4.39 Å². The number of carbonyl (C=O) groups is 1. The maximum absolute atomic E-state index is 13.8. The Morgan fingerprint density at radius 3 is 2.79 bits per heavy atom. The predicted octanol–water partition coefficient (Wildman–Crippen LogP) is 2.77. The SMILES string of the molecule is C=CCCC(=O)NCC(C)(OC)c1ccccc1F. The van der Waals surface area contributed by atoms with Crippen LogP contribution in [0.25, 0.3) is 0 Å². The van der Waals surface area contributed by atoms with Gasteiger partial charge in [-0.3, -0.25) is 4.79 Å². The summed E-state index contributed by atoms with van der Waals surface area (Å²) >= 11 is 0. The molecule has 1 aromatic carbocycles. The van der Waals surface area contributed by atoms with Gasteiger partial charge in [-0.05, 0) is 19.4 Å². The number of ether oxygens (including phenoxy) is 1. The average molecular weight is 265 g/mol. The van der Waals surface area contributed by atoms with Gasteiger partial charge in [0.25, 0.3) is 0 Å². The second-order valence-corrected chi connectivity index (χ2v) is 4.52. The van der Waals surface area contributed by atoms with E-state index in [9.17, 15) is 9.18 Å². The van der Waals surface area contributed by atoms with E-state index < -0.39 is 5.60 Å². The molecular formula is C15H20FNO2. The lowest BCUT2D eigenvalue weighted by Crippen LogP contribution is -2.40. The fourth-order valence-corrected chi connectivity index (χ4v) is 1.76. The van der Waals surface area contributed by atoms with Crippen LogP contribution in [0.1, 0.15) is 25.3 Å². The van der Waals surface area contributed by atoms with E-state index in [0.29, 0.717) is 18.4 Å².